The summed E-state index contributed by atoms with van der Waals surface area (Å²) >= 11 is 0. The van der Waals surface area contributed by atoms with E-state index in [0.717, 1.165) is 17.7 Å². The van der Waals surface area contributed by atoms with Crippen LogP contribution in [0.15, 0.2) is 24.3 Å². The molecule has 26 heavy (non-hydrogen) atoms. The zero-order chi connectivity index (χ0) is 18.5. The Hall–Kier alpha value is -2.61. The van der Waals surface area contributed by atoms with Crippen molar-refractivity contribution in [1.82, 2.24) is 10.6 Å². The van der Waals surface area contributed by atoms with Crippen molar-refractivity contribution < 1.29 is 23.9 Å². The number of carbonyl (C=O) groups excluding carboxylic acids is 3. The zero-order valence-corrected chi connectivity index (χ0v) is 14.7. The molecule has 140 valence electrons. The van der Waals surface area contributed by atoms with Crippen molar-refractivity contribution in [2.24, 2.45) is 5.92 Å². The van der Waals surface area contributed by atoms with Crippen LogP contribution in [-0.2, 0) is 14.3 Å². The highest BCUT2D eigenvalue weighted by Gasteiger charge is 2.40. The van der Waals surface area contributed by atoms with Crippen molar-refractivity contribution in [3.8, 4) is 5.75 Å². The molecule has 4 amide bonds. The van der Waals surface area contributed by atoms with Crippen LogP contribution in [0.25, 0.3) is 0 Å². The van der Waals surface area contributed by atoms with E-state index < -0.39 is 18.0 Å². The molecule has 0 aromatic heterocycles. The summed E-state index contributed by atoms with van der Waals surface area (Å²) in [6.45, 7) is 2.00. The minimum absolute atomic E-state index is 0.0690. The summed E-state index contributed by atoms with van der Waals surface area (Å²) < 4.78 is 10.4. The predicted octanol–water partition coefficient (Wildman–Crippen LogP) is 1.05. The van der Waals surface area contributed by atoms with E-state index in [-0.39, 0.29) is 12.3 Å². The molecule has 1 aromatic carbocycles. The Labute approximate surface area is 151 Å². The van der Waals surface area contributed by atoms with Crippen molar-refractivity contribution in [3.05, 3.63) is 24.3 Å². The number of carbonyl (C=O) groups is 3. The molecular formula is C18H23N3O5. The van der Waals surface area contributed by atoms with Crippen LogP contribution in [0.4, 0.5) is 10.5 Å². The largest absolute Gasteiger partial charge is 0.497 e. The van der Waals surface area contributed by atoms with Gasteiger partial charge in [0.25, 0.3) is 5.91 Å². The fourth-order valence-electron chi connectivity index (χ4n) is 3.11. The van der Waals surface area contributed by atoms with Crippen LogP contribution >= 0.6 is 0 Å². The summed E-state index contributed by atoms with van der Waals surface area (Å²) in [6, 6.07) is 5.23. The van der Waals surface area contributed by atoms with Crippen molar-refractivity contribution in [1.29, 1.82) is 0 Å². The SMILES string of the molecule is COc1ccc(N2C(=O)N[C@H](CC(=O)NCC3CCOCC3)C2=O)cc1. The van der Waals surface area contributed by atoms with Gasteiger partial charge in [0.2, 0.25) is 5.91 Å². The summed E-state index contributed by atoms with van der Waals surface area (Å²) in [5, 5.41) is 5.43. The number of ether oxygens (including phenoxy) is 2. The molecule has 0 aliphatic carbocycles. The molecule has 2 aliphatic rings. The predicted molar refractivity (Wildman–Crippen MR) is 94.0 cm³/mol. The van der Waals surface area contributed by atoms with Gasteiger partial charge in [-0.05, 0) is 43.0 Å². The number of benzene rings is 1. The number of urea groups is 1. The third kappa shape index (κ3) is 4.13. The number of nitrogens with one attached hydrogen (secondary N) is 2. The normalized spacial score (nSPS) is 20.8. The van der Waals surface area contributed by atoms with Crippen LogP contribution in [-0.4, -0.2) is 50.8 Å². The quantitative estimate of drug-likeness (QED) is 0.739. The maximum Gasteiger partial charge on any atom is 0.329 e. The first-order valence-electron chi connectivity index (χ1n) is 8.71. The Morgan fingerprint density at radius 3 is 2.62 bits per heavy atom. The first-order valence-corrected chi connectivity index (χ1v) is 8.71. The van der Waals surface area contributed by atoms with Gasteiger partial charge in [-0.2, -0.15) is 0 Å². The highest BCUT2D eigenvalue weighted by atomic mass is 16.5. The highest BCUT2D eigenvalue weighted by Crippen LogP contribution is 2.23. The van der Waals surface area contributed by atoms with Crippen LogP contribution in [0.3, 0.4) is 0 Å². The fourth-order valence-corrected chi connectivity index (χ4v) is 3.11. The molecule has 0 radical (unpaired) electrons. The van der Waals surface area contributed by atoms with E-state index >= 15 is 0 Å². The molecule has 0 bridgehead atoms. The number of nitrogens with zero attached hydrogens (tertiary/aromatic N) is 1. The first kappa shape index (κ1) is 18.2. The molecule has 3 rings (SSSR count). The van der Waals surface area contributed by atoms with Crippen LogP contribution in [0.5, 0.6) is 5.75 Å². The lowest BCUT2D eigenvalue weighted by Crippen LogP contribution is -2.38. The van der Waals surface area contributed by atoms with E-state index in [9.17, 15) is 14.4 Å². The minimum atomic E-state index is -0.848. The van der Waals surface area contributed by atoms with E-state index in [2.05, 4.69) is 10.6 Å². The summed E-state index contributed by atoms with van der Waals surface area (Å²) in [6.07, 6.45) is 1.77. The Balaban J connectivity index is 1.54. The van der Waals surface area contributed by atoms with Crippen LogP contribution in [0, 0.1) is 5.92 Å². The standard InChI is InChI=1S/C18H23N3O5/c1-25-14-4-2-13(3-5-14)21-17(23)15(20-18(21)24)10-16(22)19-11-12-6-8-26-9-7-12/h2-5,12,15H,6-11H2,1H3,(H,19,22)(H,20,24)/t15-/m1/s1. The second-order valence-electron chi connectivity index (χ2n) is 6.44. The lowest BCUT2D eigenvalue weighted by molar-refractivity contribution is -0.125. The number of rotatable bonds is 6. The zero-order valence-electron chi connectivity index (χ0n) is 14.7. The van der Waals surface area contributed by atoms with Gasteiger partial charge in [0.15, 0.2) is 0 Å². The van der Waals surface area contributed by atoms with Gasteiger partial charge in [0, 0.05) is 19.8 Å². The van der Waals surface area contributed by atoms with E-state index in [1.807, 2.05) is 0 Å². The molecule has 8 nitrogen and oxygen atoms in total. The lowest BCUT2D eigenvalue weighted by Gasteiger charge is -2.22. The Morgan fingerprint density at radius 2 is 1.96 bits per heavy atom. The van der Waals surface area contributed by atoms with Gasteiger partial charge in [-0.15, -0.1) is 0 Å². The van der Waals surface area contributed by atoms with E-state index in [1.54, 1.807) is 24.3 Å². The summed E-state index contributed by atoms with van der Waals surface area (Å²) in [5.74, 6) is 0.357. The molecule has 0 spiro atoms. The Morgan fingerprint density at radius 1 is 1.27 bits per heavy atom. The van der Waals surface area contributed by atoms with Crippen LogP contribution in [0.1, 0.15) is 19.3 Å². The third-order valence-corrected chi connectivity index (χ3v) is 4.67. The van der Waals surface area contributed by atoms with Gasteiger partial charge < -0.3 is 20.1 Å². The monoisotopic (exact) mass is 361 g/mol. The second kappa shape index (κ2) is 8.18. The van der Waals surface area contributed by atoms with E-state index in [0.29, 0.717) is 37.1 Å². The molecule has 2 fully saturated rings. The highest BCUT2D eigenvalue weighted by molar-refractivity contribution is 6.22. The van der Waals surface area contributed by atoms with Gasteiger partial charge in [0.1, 0.15) is 11.8 Å². The number of methoxy groups -OCH3 is 1. The number of amides is 4. The molecule has 2 saturated heterocycles. The minimum Gasteiger partial charge on any atom is -0.497 e. The molecule has 1 atom stereocenters. The summed E-state index contributed by atoms with van der Waals surface area (Å²) in [5.41, 5.74) is 0.443. The summed E-state index contributed by atoms with van der Waals surface area (Å²) in [7, 11) is 1.54. The van der Waals surface area contributed by atoms with Gasteiger partial charge >= 0.3 is 6.03 Å². The molecule has 1 aromatic rings. The molecule has 0 saturated carbocycles. The number of imide groups is 1. The Kier molecular flexibility index (Phi) is 5.72. The number of hydrogen-bond donors (Lipinski definition) is 2. The Bertz CT molecular complexity index is 670. The maximum absolute atomic E-state index is 12.5. The van der Waals surface area contributed by atoms with E-state index in [1.165, 1.54) is 7.11 Å². The third-order valence-electron chi connectivity index (χ3n) is 4.67. The summed E-state index contributed by atoms with van der Waals surface area (Å²) in [4.78, 5) is 37.9. The molecule has 0 unspecified atom stereocenters. The van der Waals surface area contributed by atoms with Crippen molar-refractivity contribution in [3.63, 3.8) is 0 Å². The maximum atomic E-state index is 12.5. The van der Waals surface area contributed by atoms with Crippen molar-refractivity contribution in [2.75, 3.05) is 31.8 Å². The smallest absolute Gasteiger partial charge is 0.329 e. The van der Waals surface area contributed by atoms with Crippen LogP contribution < -0.4 is 20.3 Å². The molecule has 2 N–H and O–H groups in total. The number of hydrogen-bond acceptors (Lipinski definition) is 5. The number of anilines is 1. The topological polar surface area (TPSA) is 97.0 Å². The van der Waals surface area contributed by atoms with Crippen molar-refractivity contribution >= 4 is 23.5 Å². The fraction of sp³-hybridized carbons (Fsp3) is 0.500. The van der Waals surface area contributed by atoms with E-state index in [4.69, 9.17) is 9.47 Å². The molecule has 8 heteroatoms. The van der Waals surface area contributed by atoms with Gasteiger partial charge in [-0.25, -0.2) is 9.69 Å². The average molecular weight is 361 g/mol. The average Bonchev–Trinajstić information content (AvgIpc) is 2.94. The molecule has 2 heterocycles. The second-order valence-corrected chi connectivity index (χ2v) is 6.44. The van der Waals surface area contributed by atoms with Gasteiger partial charge in [-0.1, -0.05) is 0 Å². The molecular weight excluding hydrogens is 338 g/mol. The first-order chi connectivity index (χ1) is 12.6. The van der Waals surface area contributed by atoms with Crippen LogP contribution in [0.2, 0.25) is 0 Å². The van der Waals surface area contributed by atoms with Crippen molar-refractivity contribution in [2.45, 2.75) is 25.3 Å². The van der Waals surface area contributed by atoms with Gasteiger partial charge in [0.05, 0.1) is 19.2 Å². The molecule has 2 aliphatic heterocycles. The lowest BCUT2D eigenvalue weighted by atomic mass is 10.0. The van der Waals surface area contributed by atoms with Gasteiger partial charge in [-0.3, -0.25) is 9.59 Å².